The number of benzene rings is 1. The van der Waals surface area contributed by atoms with Gasteiger partial charge in [-0.05, 0) is 27.6 Å². The molecule has 90 valence electrons. The standard InChI is InChI=1S/C12H14BrN3O/c1-15-12(17)10(14)5-7-6-16-11-8(7)3-2-4-9(11)13/h2-4,6,10,16H,5,14H2,1H3,(H,15,17)/p+1/t10-/m0/s1. The quantitative estimate of drug-likeness (QED) is 0.771. The normalized spacial score (nSPS) is 12.6. The van der Waals surface area contributed by atoms with E-state index in [-0.39, 0.29) is 11.9 Å². The van der Waals surface area contributed by atoms with E-state index in [4.69, 9.17) is 0 Å². The Kier molecular flexibility index (Phi) is 3.49. The number of halogens is 1. The first-order chi connectivity index (χ1) is 8.13. The van der Waals surface area contributed by atoms with Gasteiger partial charge in [-0.3, -0.25) is 4.79 Å². The molecule has 0 saturated carbocycles. The van der Waals surface area contributed by atoms with Gasteiger partial charge in [-0.25, -0.2) is 0 Å². The summed E-state index contributed by atoms with van der Waals surface area (Å²) in [5, 5.41) is 3.75. The zero-order valence-electron chi connectivity index (χ0n) is 9.59. The lowest BCUT2D eigenvalue weighted by Crippen LogP contribution is -2.68. The van der Waals surface area contributed by atoms with Gasteiger partial charge < -0.3 is 16.0 Å². The topological polar surface area (TPSA) is 72.5 Å². The van der Waals surface area contributed by atoms with Gasteiger partial charge >= 0.3 is 0 Å². The Morgan fingerprint density at radius 3 is 3.06 bits per heavy atom. The average molecular weight is 297 g/mol. The molecule has 5 heteroatoms. The number of carbonyl (C=O) groups excluding carboxylic acids is 1. The van der Waals surface area contributed by atoms with Gasteiger partial charge in [-0.2, -0.15) is 0 Å². The van der Waals surface area contributed by atoms with Crippen molar-refractivity contribution in [3.63, 3.8) is 0 Å². The van der Waals surface area contributed by atoms with Crippen LogP contribution in [0.5, 0.6) is 0 Å². The van der Waals surface area contributed by atoms with E-state index in [1.54, 1.807) is 7.05 Å². The minimum absolute atomic E-state index is 0.0330. The highest BCUT2D eigenvalue weighted by molar-refractivity contribution is 9.10. The number of quaternary nitrogens is 1. The maximum absolute atomic E-state index is 11.4. The molecule has 17 heavy (non-hydrogen) atoms. The summed E-state index contributed by atoms with van der Waals surface area (Å²) >= 11 is 3.49. The first-order valence-electron chi connectivity index (χ1n) is 5.42. The van der Waals surface area contributed by atoms with Gasteiger partial charge in [0.15, 0.2) is 6.04 Å². The minimum atomic E-state index is -0.266. The number of amides is 1. The first-order valence-corrected chi connectivity index (χ1v) is 6.22. The summed E-state index contributed by atoms with van der Waals surface area (Å²) in [5.74, 6) is -0.0330. The summed E-state index contributed by atoms with van der Waals surface area (Å²) < 4.78 is 1.03. The van der Waals surface area contributed by atoms with Crippen LogP contribution in [0.2, 0.25) is 0 Å². The number of hydrogen-bond donors (Lipinski definition) is 3. The van der Waals surface area contributed by atoms with E-state index in [0.29, 0.717) is 6.42 Å². The highest BCUT2D eigenvalue weighted by Crippen LogP contribution is 2.25. The van der Waals surface area contributed by atoms with Gasteiger partial charge in [-0.1, -0.05) is 12.1 Å². The van der Waals surface area contributed by atoms with Crippen molar-refractivity contribution in [2.75, 3.05) is 7.05 Å². The smallest absolute Gasteiger partial charge is 0.278 e. The molecule has 1 amide bonds. The molecule has 1 atom stereocenters. The molecule has 0 aliphatic carbocycles. The third kappa shape index (κ3) is 2.35. The largest absolute Gasteiger partial charge is 0.360 e. The van der Waals surface area contributed by atoms with Crippen molar-refractivity contribution in [2.45, 2.75) is 12.5 Å². The van der Waals surface area contributed by atoms with Gasteiger partial charge in [0.1, 0.15) is 0 Å². The molecule has 0 aliphatic rings. The fraction of sp³-hybridized carbons (Fsp3) is 0.250. The number of para-hydroxylation sites is 1. The number of likely N-dealkylation sites (N-methyl/N-ethyl adjacent to an activating group) is 1. The van der Waals surface area contributed by atoms with Crippen LogP contribution < -0.4 is 11.1 Å². The summed E-state index contributed by atoms with van der Waals surface area (Å²) in [7, 11) is 1.63. The van der Waals surface area contributed by atoms with E-state index in [1.807, 2.05) is 24.4 Å². The third-order valence-electron chi connectivity index (χ3n) is 2.83. The summed E-state index contributed by atoms with van der Waals surface area (Å²) in [4.78, 5) is 14.7. The second-order valence-corrected chi connectivity index (χ2v) is 4.85. The Morgan fingerprint density at radius 2 is 2.35 bits per heavy atom. The lowest BCUT2D eigenvalue weighted by atomic mass is 10.1. The summed E-state index contributed by atoms with van der Waals surface area (Å²) in [5.41, 5.74) is 6.05. The maximum Gasteiger partial charge on any atom is 0.278 e. The predicted molar refractivity (Wildman–Crippen MR) is 70.4 cm³/mol. The predicted octanol–water partition coefficient (Wildman–Crippen LogP) is 0.829. The number of aromatic amines is 1. The molecule has 1 aromatic heterocycles. The van der Waals surface area contributed by atoms with E-state index < -0.39 is 0 Å². The molecule has 0 saturated heterocycles. The SMILES string of the molecule is CNC(=O)[C@@H]([NH3+])Cc1c[nH]c2c(Br)cccc12. The molecule has 1 aromatic carbocycles. The average Bonchev–Trinajstić information content (AvgIpc) is 2.73. The van der Waals surface area contributed by atoms with Crippen molar-refractivity contribution in [3.05, 3.63) is 34.4 Å². The van der Waals surface area contributed by atoms with Crippen LogP contribution in [0.3, 0.4) is 0 Å². The van der Waals surface area contributed by atoms with Gasteiger partial charge in [0.25, 0.3) is 5.91 Å². The fourth-order valence-corrected chi connectivity index (χ4v) is 2.39. The molecule has 0 unspecified atom stereocenters. The zero-order valence-corrected chi connectivity index (χ0v) is 11.2. The molecule has 2 rings (SSSR count). The second-order valence-electron chi connectivity index (χ2n) is 3.99. The first kappa shape index (κ1) is 12.1. The van der Waals surface area contributed by atoms with Crippen molar-refractivity contribution in [3.8, 4) is 0 Å². The van der Waals surface area contributed by atoms with Gasteiger partial charge in [0.2, 0.25) is 0 Å². The second kappa shape index (κ2) is 4.89. The van der Waals surface area contributed by atoms with E-state index >= 15 is 0 Å². The molecule has 0 spiro atoms. The number of hydrogen-bond acceptors (Lipinski definition) is 1. The molecular formula is C12H15BrN3O+. The summed E-state index contributed by atoms with van der Waals surface area (Å²) in [6.45, 7) is 0. The summed E-state index contributed by atoms with van der Waals surface area (Å²) in [6, 6.07) is 5.76. The van der Waals surface area contributed by atoms with Crippen LogP contribution in [0.4, 0.5) is 0 Å². The Morgan fingerprint density at radius 1 is 1.59 bits per heavy atom. The van der Waals surface area contributed by atoms with E-state index in [9.17, 15) is 4.79 Å². The van der Waals surface area contributed by atoms with Crippen LogP contribution in [-0.4, -0.2) is 24.0 Å². The van der Waals surface area contributed by atoms with Crippen molar-refractivity contribution in [1.82, 2.24) is 10.3 Å². The highest BCUT2D eigenvalue weighted by atomic mass is 79.9. The number of aromatic nitrogens is 1. The van der Waals surface area contributed by atoms with E-state index in [1.165, 1.54) is 0 Å². The molecule has 0 fully saturated rings. The van der Waals surface area contributed by atoms with Crippen molar-refractivity contribution >= 4 is 32.7 Å². The van der Waals surface area contributed by atoms with Crippen LogP contribution in [-0.2, 0) is 11.2 Å². The minimum Gasteiger partial charge on any atom is -0.360 e. The monoisotopic (exact) mass is 296 g/mol. The van der Waals surface area contributed by atoms with Crippen molar-refractivity contribution < 1.29 is 10.5 Å². The Balaban J connectivity index is 2.31. The number of fused-ring (bicyclic) bond motifs is 1. The third-order valence-corrected chi connectivity index (χ3v) is 3.49. The van der Waals surface area contributed by atoms with Crippen molar-refractivity contribution in [1.29, 1.82) is 0 Å². The molecule has 4 nitrogen and oxygen atoms in total. The zero-order chi connectivity index (χ0) is 12.4. The molecule has 2 aromatic rings. The number of rotatable bonds is 3. The van der Waals surface area contributed by atoms with Crippen LogP contribution in [0, 0.1) is 0 Å². The summed E-state index contributed by atoms with van der Waals surface area (Å²) in [6.07, 6.45) is 2.58. The van der Waals surface area contributed by atoms with E-state index in [0.717, 1.165) is 20.9 Å². The lowest BCUT2D eigenvalue weighted by Gasteiger charge is -2.05. The van der Waals surface area contributed by atoms with Crippen molar-refractivity contribution in [2.24, 2.45) is 0 Å². The number of nitrogens with one attached hydrogen (secondary N) is 2. The number of carbonyl (C=O) groups is 1. The van der Waals surface area contributed by atoms with Gasteiger partial charge in [-0.15, -0.1) is 0 Å². The van der Waals surface area contributed by atoms with E-state index in [2.05, 4.69) is 32.0 Å². The maximum atomic E-state index is 11.4. The van der Waals surface area contributed by atoms with Crippen LogP contribution >= 0.6 is 15.9 Å². The number of H-pyrrole nitrogens is 1. The fourth-order valence-electron chi connectivity index (χ4n) is 1.91. The van der Waals surface area contributed by atoms with Crippen LogP contribution in [0.1, 0.15) is 5.56 Å². The van der Waals surface area contributed by atoms with Crippen LogP contribution in [0.25, 0.3) is 10.9 Å². The molecule has 0 bridgehead atoms. The Hall–Kier alpha value is -1.33. The molecule has 0 aliphatic heterocycles. The molecule has 5 N–H and O–H groups in total. The van der Waals surface area contributed by atoms with Gasteiger partial charge in [0, 0.05) is 29.5 Å². The molecule has 1 heterocycles. The Bertz CT molecular complexity index is 550. The van der Waals surface area contributed by atoms with Crippen LogP contribution in [0.15, 0.2) is 28.9 Å². The molecule has 0 radical (unpaired) electrons. The lowest BCUT2D eigenvalue weighted by molar-refractivity contribution is -0.403. The Labute approximate surface area is 108 Å². The van der Waals surface area contributed by atoms with Gasteiger partial charge in [0.05, 0.1) is 5.52 Å². The highest BCUT2D eigenvalue weighted by Gasteiger charge is 2.18. The molecular weight excluding hydrogens is 282 g/mol.